The molecule has 8 heteroatoms. The molecule has 0 bridgehead atoms. The zero-order chi connectivity index (χ0) is 22.8. The molecule has 3 fully saturated rings. The lowest BCUT2D eigenvalue weighted by Gasteiger charge is -2.40. The van der Waals surface area contributed by atoms with E-state index in [-0.39, 0.29) is 5.91 Å². The number of aryl methyl sites for hydroxylation is 1. The fourth-order valence-corrected chi connectivity index (χ4v) is 5.54. The Bertz CT molecular complexity index is 979. The summed E-state index contributed by atoms with van der Waals surface area (Å²) in [6, 6.07) is 9.95. The molecule has 1 saturated carbocycles. The van der Waals surface area contributed by atoms with Gasteiger partial charge in [-0.2, -0.15) is 4.98 Å². The molecule has 2 aliphatic heterocycles. The Morgan fingerprint density at radius 2 is 1.61 bits per heavy atom. The van der Waals surface area contributed by atoms with E-state index in [1.807, 2.05) is 37.3 Å². The Hall–Kier alpha value is -2.38. The van der Waals surface area contributed by atoms with Crippen LogP contribution in [-0.4, -0.2) is 73.3 Å². The van der Waals surface area contributed by atoms with Crippen molar-refractivity contribution in [3.8, 4) is 0 Å². The highest BCUT2D eigenvalue weighted by Gasteiger charge is 2.45. The molecule has 33 heavy (non-hydrogen) atoms. The molecule has 1 aliphatic carbocycles. The van der Waals surface area contributed by atoms with Crippen LogP contribution < -0.4 is 9.80 Å². The standard InChI is InChI=1S/C25H32ClN5O2/c1-19-18-22(28-24(27-19)31-14-16-33-17-15-31)29-10-12-30(13-11-29)23(32)25(8-2-3-9-25)20-4-6-21(26)7-5-20/h4-7,18H,2-3,8-17H2,1H3. The van der Waals surface area contributed by atoms with E-state index >= 15 is 0 Å². The van der Waals surface area contributed by atoms with Gasteiger partial charge in [0, 0.05) is 56.1 Å². The third-order valence-corrected chi connectivity index (χ3v) is 7.53. The third kappa shape index (κ3) is 4.53. The summed E-state index contributed by atoms with van der Waals surface area (Å²) in [6.07, 6.45) is 4.03. The van der Waals surface area contributed by atoms with Gasteiger partial charge in [0.2, 0.25) is 11.9 Å². The van der Waals surface area contributed by atoms with E-state index in [0.717, 1.165) is 74.9 Å². The minimum absolute atomic E-state index is 0.273. The number of anilines is 2. The maximum atomic E-state index is 13.8. The minimum atomic E-state index is -0.401. The average molecular weight is 470 g/mol. The molecule has 0 N–H and O–H groups in total. The predicted molar refractivity (Wildman–Crippen MR) is 130 cm³/mol. The summed E-state index contributed by atoms with van der Waals surface area (Å²) >= 11 is 6.12. The molecule has 3 aliphatic rings. The number of benzene rings is 1. The normalized spacial score (nSPS) is 20.8. The number of hydrogen-bond acceptors (Lipinski definition) is 6. The number of halogens is 1. The molecule has 0 spiro atoms. The van der Waals surface area contributed by atoms with Gasteiger partial charge >= 0.3 is 0 Å². The highest BCUT2D eigenvalue weighted by Crippen LogP contribution is 2.43. The van der Waals surface area contributed by atoms with Crippen LogP contribution in [0.3, 0.4) is 0 Å². The molecular weight excluding hydrogens is 438 g/mol. The van der Waals surface area contributed by atoms with E-state index in [9.17, 15) is 4.79 Å². The van der Waals surface area contributed by atoms with Gasteiger partial charge in [-0.3, -0.25) is 4.79 Å². The van der Waals surface area contributed by atoms with Gasteiger partial charge in [-0.1, -0.05) is 36.6 Å². The van der Waals surface area contributed by atoms with Crippen LogP contribution in [0.25, 0.3) is 0 Å². The largest absolute Gasteiger partial charge is 0.378 e. The SMILES string of the molecule is Cc1cc(N2CCN(C(=O)C3(c4ccc(Cl)cc4)CCCC3)CC2)nc(N2CCOCC2)n1. The third-order valence-electron chi connectivity index (χ3n) is 7.28. The van der Waals surface area contributed by atoms with Crippen molar-refractivity contribution in [1.29, 1.82) is 0 Å². The first kappa shape index (κ1) is 22.4. The van der Waals surface area contributed by atoms with E-state index in [2.05, 4.69) is 19.7 Å². The second-order valence-corrected chi connectivity index (χ2v) is 9.78. The molecule has 0 radical (unpaired) electrons. The Morgan fingerprint density at radius 3 is 2.27 bits per heavy atom. The topological polar surface area (TPSA) is 61.8 Å². The molecular formula is C25H32ClN5O2. The van der Waals surface area contributed by atoms with E-state index in [0.29, 0.717) is 31.3 Å². The molecule has 1 aromatic carbocycles. The molecule has 2 saturated heterocycles. The first-order chi connectivity index (χ1) is 16.0. The Kier molecular flexibility index (Phi) is 6.43. The van der Waals surface area contributed by atoms with E-state index in [4.69, 9.17) is 21.3 Å². The van der Waals surface area contributed by atoms with E-state index < -0.39 is 5.41 Å². The fourth-order valence-electron chi connectivity index (χ4n) is 5.42. The second-order valence-electron chi connectivity index (χ2n) is 9.34. The molecule has 0 atom stereocenters. The molecule has 176 valence electrons. The van der Waals surface area contributed by atoms with Crippen LogP contribution >= 0.6 is 11.6 Å². The van der Waals surface area contributed by atoms with Crippen molar-refractivity contribution in [1.82, 2.24) is 14.9 Å². The zero-order valence-corrected chi connectivity index (χ0v) is 20.1. The smallest absolute Gasteiger partial charge is 0.233 e. The van der Waals surface area contributed by atoms with Crippen molar-refractivity contribution < 1.29 is 9.53 Å². The van der Waals surface area contributed by atoms with Gasteiger partial charge in [0.05, 0.1) is 18.6 Å². The van der Waals surface area contributed by atoms with Crippen molar-refractivity contribution in [3.63, 3.8) is 0 Å². The molecule has 1 aromatic heterocycles. The number of ether oxygens (including phenoxy) is 1. The lowest BCUT2D eigenvalue weighted by atomic mass is 9.77. The van der Waals surface area contributed by atoms with Gasteiger partial charge in [0.15, 0.2) is 0 Å². The number of hydrogen-bond donors (Lipinski definition) is 0. The van der Waals surface area contributed by atoms with E-state index in [1.54, 1.807) is 0 Å². The van der Waals surface area contributed by atoms with Crippen LogP contribution in [0.4, 0.5) is 11.8 Å². The summed E-state index contributed by atoms with van der Waals surface area (Å²) in [5.41, 5.74) is 1.67. The molecule has 0 unspecified atom stereocenters. The highest BCUT2D eigenvalue weighted by atomic mass is 35.5. The summed E-state index contributed by atoms with van der Waals surface area (Å²) in [7, 11) is 0. The van der Waals surface area contributed by atoms with Gasteiger partial charge in [-0.15, -0.1) is 0 Å². The Balaban J connectivity index is 1.29. The lowest BCUT2D eigenvalue weighted by Crippen LogP contribution is -2.54. The van der Waals surface area contributed by atoms with Crippen LogP contribution in [0, 0.1) is 6.92 Å². The number of carbonyl (C=O) groups is 1. The average Bonchev–Trinajstić information content (AvgIpc) is 3.35. The van der Waals surface area contributed by atoms with Crippen molar-refractivity contribution in [2.24, 2.45) is 0 Å². The number of amides is 1. The zero-order valence-electron chi connectivity index (χ0n) is 19.3. The number of piperazine rings is 1. The number of morpholine rings is 1. The van der Waals surface area contributed by atoms with Crippen molar-refractivity contribution >= 4 is 29.3 Å². The molecule has 1 amide bonds. The summed E-state index contributed by atoms with van der Waals surface area (Å²) in [4.78, 5) is 29.9. The van der Waals surface area contributed by atoms with Gasteiger partial charge in [0.25, 0.3) is 0 Å². The summed E-state index contributed by atoms with van der Waals surface area (Å²) in [6.45, 7) is 8.06. The molecule has 7 nitrogen and oxygen atoms in total. The van der Waals surface area contributed by atoms with Gasteiger partial charge in [0.1, 0.15) is 5.82 Å². The van der Waals surface area contributed by atoms with Gasteiger partial charge in [-0.25, -0.2) is 4.98 Å². The second kappa shape index (κ2) is 9.47. The number of rotatable bonds is 4. The highest BCUT2D eigenvalue weighted by molar-refractivity contribution is 6.30. The van der Waals surface area contributed by atoms with Crippen LogP contribution in [0.15, 0.2) is 30.3 Å². The van der Waals surface area contributed by atoms with E-state index in [1.165, 1.54) is 0 Å². The van der Waals surface area contributed by atoms with Crippen LogP contribution in [0.1, 0.15) is 36.9 Å². The van der Waals surface area contributed by atoms with Crippen molar-refractivity contribution in [2.75, 3.05) is 62.3 Å². The van der Waals surface area contributed by atoms with Crippen molar-refractivity contribution in [3.05, 3.63) is 46.6 Å². The van der Waals surface area contributed by atoms with Crippen molar-refractivity contribution in [2.45, 2.75) is 38.0 Å². The van der Waals surface area contributed by atoms with Crippen LogP contribution in [-0.2, 0) is 14.9 Å². The Morgan fingerprint density at radius 1 is 0.939 bits per heavy atom. The van der Waals surface area contributed by atoms with Gasteiger partial charge in [-0.05, 0) is 37.5 Å². The molecule has 5 rings (SSSR count). The number of aromatic nitrogens is 2. The first-order valence-corrected chi connectivity index (χ1v) is 12.4. The van der Waals surface area contributed by atoms with Crippen LogP contribution in [0.5, 0.6) is 0 Å². The minimum Gasteiger partial charge on any atom is -0.378 e. The van der Waals surface area contributed by atoms with Gasteiger partial charge < -0.3 is 19.4 Å². The number of nitrogens with zero attached hydrogens (tertiary/aromatic N) is 5. The maximum absolute atomic E-state index is 13.8. The fraction of sp³-hybridized carbons (Fsp3) is 0.560. The summed E-state index contributed by atoms with van der Waals surface area (Å²) in [5, 5.41) is 0.713. The Labute approximate surface area is 200 Å². The summed E-state index contributed by atoms with van der Waals surface area (Å²) in [5.74, 6) is 2.00. The maximum Gasteiger partial charge on any atom is 0.233 e. The molecule has 2 aromatic rings. The molecule has 3 heterocycles. The monoisotopic (exact) mass is 469 g/mol. The number of carbonyl (C=O) groups excluding carboxylic acids is 1. The first-order valence-electron chi connectivity index (χ1n) is 12.0. The quantitative estimate of drug-likeness (QED) is 0.683. The lowest BCUT2D eigenvalue weighted by molar-refractivity contribution is -0.137. The predicted octanol–water partition coefficient (Wildman–Crippen LogP) is 3.44. The van der Waals surface area contributed by atoms with Crippen LogP contribution in [0.2, 0.25) is 5.02 Å². The summed E-state index contributed by atoms with van der Waals surface area (Å²) < 4.78 is 5.47.